The Kier molecular flexibility index (Phi) is 6.46. The van der Waals surface area contributed by atoms with Crippen LogP contribution in [0.25, 0.3) is 0 Å². The summed E-state index contributed by atoms with van der Waals surface area (Å²) in [5, 5.41) is 6.39. The number of rotatable bonds is 7. The molecule has 0 fully saturated rings. The first kappa shape index (κ1) is 16.6. The van der Waals surface area contributed by atoms with E-state index in [9.17, 15) is 4.79 Å². The maximum absolute atomic E-state index is 12.1. The maximum atomic E-state index is 12.1. The lowest BCUT2D eigenvalue weighted by atomic mass is 9.94. The zero-order chi connectivity index (χ0) is 15.8. The molecule has 0 bridgehead atoms. The van der Waals surface area contributed by atoms with Crippen molar-refractivity contribution in [3.05, 3.63) is 36.4 Å². The van der Waals surface area contributed by atoms with Crippen LogP contribution in [0.15, 0.2) is 36.4 Å². The Morgan fingerprint density at radius 3 is 2.91 bits per heavy atom. The van der Waals surface area contributed by atoms with Crippen molar-refractivity contribution < 1.29 is 9.53 Å². The Bertz CT molecular complexity index is 514. The van der Waals surface area contributed by atoms with Crippen molar-refractivity contribution in [1.29, 1.82) is 0 Å². The number of carbonyl (C=O) groups is 1. The standard InChI is InChI=1S/C18H26N2O2/c1-14(19-13-15-8-4-3-5-9-15)12-18(21)20-16-10-6-7-11-17(16)22-2/h3-4,6-7,10-11,14-15,19H,5,8-9,12-13H2,1-2H3,(H,20,21)/t14-,15+/m0/s1. The molecule has 0 aromatic heterocycles. The molecule has 2 rings (SSSR count). The summed E-state index contributed by atoms with van der Waals surface area (Å²) in [5.41, 5.74) is 0.722. The molecular weight excluding hydrogens is 276 g/mol. The van der Waals surface area contributed by atoms with E-state index < -0.39 is 0 Å². The van der Waals surface area contributed by atoms with Gasteiger partial charge in [0, 0.05) is 12.5 Å². The highest BCUT2D eigenvalue weighted by Crippen LogP contribution is 2.23. The van der Waals surface area contributed by atoms with Gasteiger partial charge in [0.2, 0.25) is 5.91 Å². The van der Waals surface area contributed by atoms with Crippen LogP contribution in [-0.2, 0) is 4.79 Å². The minimum absolute atomic E-state index is 0.00744. The van der Waals surface area contributed by atoms with Crippen LogP contribution >= 0.6 is 0 Å². The highest BCUT2D eigenvalue weighted by molar-refractivity contribution is 5.92. The number of carbonyl (C=O) groups excluding carboxylic acids is 1. The third-order valence-corrected chi connectivity index (χ3v) is 4.01. The van der Waals surface area contributed by atoms with E-state index >= 15 is 0 Å². The molecule has 0 unspecified atom stereocenters. The van der Waals surface area contributed by atoms with Crippen molar-refractivity contribution in [2.75, 3.05) is 19.0 Å². The van der Waals surface area contributed by atoms with Gasteiger partial charge in [0.25, 0.3) is 0 Å². The van der Waals surface area contributed by atoms with Gasteiger partial charge in [0.05, 0.1) is 12.8 Å². The Balaban J connectivity index is 1.75. The van der Waals surface area contributed by atoms with E-state index in [0.717, 1.165) is 18.7 Å². The SMILES string of the molecule is COc1ccccc1NC(=O)C[C@H](C)NC[C@@H]1CC=CCC1. The quantitative estimate of drug-likeness (QED) is 0.759. The minimum Gasteiger partial charge on any atom is -0.495 e. The first-order valence-electron chi connectivity index (χ1n) is 8.00. The predicted molar refractivity (Wildman–Crippen MR) is 90.2 cm³/mol. The number of benzene rings is 1. The van der Waals surface area contributed by atoms with Crippen molar-refractivity contribution in [3.8, 4) is 5.75 Å². The number of nitrogens with one attached hydrogen (secondary N) is 2. The molecule has 2 atom stereocenters. The lowest BCUT2D eigenvalue weighted by Crippen LogP contribution is -2.34. The van der Waals surface area contributed by atoms with Gasteiger partial charge in [-0.2, -0.15) is 0 Å². The summed E-state index contributed by atoms with van der Waals surface area (Å²) < 4.78 is 5.24. The maximum Gasteiger partial charge on any atom is 0.226 e. The van der Waals surface area contributed by atoms with Gasteiger partial charge >= 0.3 is 0 Å². The van der Waals surface area contributed by atoms with Crippen LogP contribution in [0, 0.1) is 5.92 Å². The van der Waals surface area contributed by atoms with E-state index in [2.05, 4.69) is 29.7 Å². The van der Waals surface area contributed by atoms with Crippen LogP contribution < -0.4 is 15.4 Å². The van der Waals surface area contributed by atoms with Gasteiger partial charge in [-0.3, -0.25) is 4.79 Å². The average molecular weight is 302 g/mol. The molecule has 0 saturated heterocycles. The average Bonchev–Trinajstić information content (AvgIpc) is 2.54. The molecular formula is C18H26N2O2. The molecule has 2 N–H and O–H groups in total. The zero-order valence-electron chi connectivity index (χ0n) is 13.5. The minimum atomic E-state index is 0.00744. The van der Waals surface area contributed by atoms with Crippen LogP contribution in [0.1, 0.15) is 32.6 Å². The number of methoxy groups -OCH3 is 1. The molecule has 4 heteroatoms. The number of hydrogen-bond acceptors (Lipinski definition) is 3. The number of para-hydroxylation sites is 2. The molecule has 1 aliphatic rings. The Morgan fingerprint density at radius 2 is 2.18 bits per heavy atom. The van der Waals surface area contributed by atoms with Gasteiger partial charge in [0.1, 0.15) is 5.75 Å². The Labute approximate surface area is 132 Å². The number of hydrogen-bond donors (Lipinski definition) is 2. The van der Waals surface area contributed by atoms with E-state index in [0.29, 0.717) is 18.1 Å². The second-order valence-electron chi connectivity index (χ2n) is 5.91. The molecule has 0 spiro atoms. The molecule has 4 nitrogen and oxygen atoms in total. The van der Waals surface area contributed by atoms with Crippen molar-refractivity contribution in [3.63, 3.8) is 0 Å². The molecule has 1 aromatic carbocycles. The third kappa shape index (κ3) is 5.19. The Morgan fingerprint density at radius 1 is 1.36 bits per heavy atom. The smallest absolute Gasteiger partial charge is 0.226 e. The molecule has 0 aliphatic heterocycles. The molecule has 1 amide bonds. The van der Waals surface area contributed by atoms with Gasteiger partial charge in [-0.05, 0) is 50.8 Å². The van der Waals surface area contributed by atoms with Crippen molar-refractivity contribution >= 4 is 11.6 Å². The summed E-state index contributed by atoms with van der Waals surface area (Å²) in [4.78, 5) is 12.1. The first-order chi connectivity index (χ1) is 10.7. The summed E-state index contributed by atoms with van der Waals surface area (Å²) in [6.45, 7) is 3.04. The lowest BCUT2D eigenvalue weighted by molar-refractivity contribution is -0.116. The highest BCUT2D eigenvalue weighted by atomic mass is 16.5. The van der Waals surface area contributed by atoms with Crippen LogP contribution in [0.5, 0.6) is 5.75 Å². The first-order valence-corrected chi connectivity index (χ1v) is 8.00. The van der Waals surface area contributed by atoms with Crippen LogP contribution in [0.2, 0.25) is 0 Å². The van der Waals surface area contributed by atoms with E-state index in [1.165, 1.54) is 12.8 Å². The summed E-state index contributed by atoms with van der Waals surface area (Å²) in [7, 11) is 1.60. The summed E-state index contributed by atoms with van der Waals surface area (Å²) in [6, 6.07) is 7.63. The van der Waals surface area contributed by atoms with Gasteiger partial charge in [0.15, 0.2) is 0 Å². The molecule has 0 saturated carbocycles. The van der Waals surface area contributed by atoms with Gasteiger partial charge in [-0.1, -0.05) is 24.3 Å². The molecule has 120 valence electrons. The van der Waals surface area contributed by atoms with Crippen molar-refractivity contribution in [1.82, 2.24) is 5.32 Å². The van der Waals surface area contributed by atoms with Gasteiger partial charge < -0.3 is 15.4 Å². The second-order valence-corrected chi connectivity index (χ2v) is 5.91. The molecule has 0 heterocycles. The fraction of sp³-hybridized carbons (Fsp3) is 0.500. The molecule has 22 heavy (non-hydrogen) atoms. The molecule has 1 aliphatic carbocycles. The van der Waals surface area contributed by atoms with E-state index in [-0.39, 0.29) is 11.9 Å². The highest BCUT2D eigenvalue weighted by Gasteiger charge is 2.14. The van der Waals surface area contributed by atoms with Crippen LogP contribution in [-0.4, -0.2) is 25.6 Å². The fourth-order valence-electron chi connectivity index (χ4n) is 2.71. The summed E-state index contributed by atoms with van der Waals surface area (Å²) in [6.07, 6.45) is 8.53. The van der Waals surface area contributed by atoms with Crippen molar-refractivity contribution in [2.24, 2.45) is 5.92 Å². The topological polar surface area (TPSA) is 50.4 Å². The van der Waals surface area contributed by atoms with Crippen molar-refractivity contribution in [2.45, 2.75) is 38.6 Å². The third-order valence-electron chi connectivity index (χ3n) is 4.01. The fourth-order valence-corrected chi connectivity index (χ4v) is 2.71. The summed E-state index contributed by atoms with van der Waals surface area (Å²) >= 11 is 0. The van der Waals surface area contributed by atoms with Gasteiger partial charge in [-0.15, -0.1) is 0 Å². The van der Waals surface area contributed by atoms with E-state index in [1.807, 2.05) is 24.3 Å². The van der Waals surface area contributed by atoms with Crippen LogP contribution in [0.4, 0.5) is 5.69 Å². The molecule has 1 aromatic rings. The van der Waals surface area contributed by atoms with Gasteiger partial charge in [-0.25, -0.2) is 0 Å². The van der Waals surface area contributed by atoms with Crippen LogP contribution in [0.3, 0.4) is 0 Å². The zero-order valence-corrected chi connectivity index (χ0v) is 13.5. The van der Waals surface area contributed by atoms with E-state index in [4.69, 9.17) is 4.74 Å². The Hall–Kier alpha value is -1.81. The number of amides is 1. The number of anilines is 1. The van der Waals surface area contributed by atoms with E-state index in [1.54, 1.807) is 7.11 Å². The predicted octanol–water partition coefficient (Wildman–Crippen LogP) is 3.36. The lowest BCUT2D eigenvalue weighted by Gasteiger charge is -2.21. The summed E-state index contributed by atoms with van der Waals surface area (Å²) in [5.74, 6) is 1.39. The normalized spacial score (nSPS) is 18.7. The largest absolute Gasteiger partial charge is 0.495 e. The molecule has 0 radical (unpaired) electrons. The second kappa shape index (κ2) is 8.59. The number of ether oxygens (including phenoxy) is 1. The monoisotopic (exact) mass is 302 g/mol. The number of allylic oxidation sites excluding steroid dienone is 2.